The van der Waals surface area contributed by atoms with Gasteiger partial charge in [-0.2, -0.15) is 0 Å². The average molecular weight is 279 g/mol. The lowest BCUT2D eigenvalue weighted by Crippen LogP contribution is -2.31. The quantitative estimate of drug-likeness (QED) is 0.589. The van der Waals surface area contributed by atoms with E-state index in [2.05, 4.69) is 31.1 Å². The predicted molar refractivity (Wildman–Crippen MR) is 82.1 cm³/mol. The number of carbonyl (C=O) groups excluding carboxylic acids is 1. The van der Waals surface area contributed by atoms with Crippen molar-refractivity contribution in [1.29, 1.82) is 0 Å². The number of hydrogen-bond donors (Lipinski definition) is 2. The van der Waals surface area contributed by atoms with Gasteiger partial charge in [0.05, 0.1) is 18.4 Å². The highest BCUT2D eigenvalue weighted by Gasteiger charge is 2.12. The van der Waals surface area contributed by atoms with Gasteiger partial charge in [-0.05, 0) is 46.0 Å². The molecule has 5 nitrogen and oxygen atoms in total. The maximum atomic E-state index is 12.1. The molecule has 0 aliphatic rings. The van der Waals surface area contributed by atoms with E-state index in [9.17, 15) is 4.79 Å². The maximum Gasteiger partial charge on any atom is 0.253 e. The van der Waals surface area contributed by atoms with Gasteiger partial charge in [0.2, 0.25) is 0 Å². The maximum absolute atomic E-state index is 12.1. The van der Waals surface area contributed by atoms with E-state index in [1.165, 1.54) is 7.11 Å². The molecule has 0 heterocycles. The van der Waals surface area contributed by atoms with Crippen LogP contribution < -0.4 is 15.8 Å². The Labute approximate surface area is 121 Å². The fraction of sp³-hybridized carbons (Fsp3) is 0.533. The predicted octanol–water partition coefficient (Wildman–Crippen LogP) is 1.74. The summed E-state index contributed by atoms with van der Waals surface area (Å²) >= 11 is 0. The highest BCUT2D eigenvalue weighted by atomic mass is 16.5. The first-order chi connectivity index (χ1) is 9.47. The summed E-state index contributed by atoms with van der Waals surface area (Å²) in [6.07, 6.45) is 0.907. The number of para-hydroxylation sites is 1. The van der Waals surface area contributed by atoms with Crippen molar-refractivity contribution in [3.63, 3.8) is 0 Å². The van der Waals surface area contributed by atoms with Crippen LogP contribution in [0, 0.1) is 0 Å². The number of hydrogen-bond acceptors (Lipinski definition) is 4. The number of rotatable bonds is 7. The van der Waals surface area contributed by atoms with Gasteiger partial charge in [-0.1, -0.05) is 6.07 Å². The second-order valence-corrected chi connectivity index (χ2v) is 5.11. The van der Waals surface area contributed by atoms with Gasteiger partial charge >= 0.3 is 0 Å². The van der Waals surface area contributed by atoms with Crippen LogP contribution in [-0.4, -0.2) is 44.1 Å². The molecule has 20 heavy (non-hydrogen) atoms. The number of methoxy groups -OCH3 is 1. The number of ether oxygens (including phenoxy) is 1. The Morgan fingerprint density at radius 1 is 1.45 bits per heavy atom. The third kappa shape index (κ3) is 4.42. The highest BCUT2D eigenvalue weighted by Crippen LogP contribution is 2.24. The Morgan fingerprint density at radius 2 is 2.15 bits per heavy atom. The molecule has 0 aliphatic carbocycles. The van der Waals surface area contributed by atoms with Gasteiger partial charge in [-0.25, -0.2) is 0 Å². The van der Waals surface area contributed by atoms with Crippen LogP contribution in [0.3, 0.4) is 0 Å². The molecular weight excluding hydrogens is 254 g/mol. The largest absolute Gasteiger partial charge is 0.495 e. The van der Waals surface area contributed by atoms with E-state index in [1.807, 2.05) is 0 Å². The molecule has 0 spiro atoms. The van der Waals surface area contributed by atoms with E-state index in [4.69, 9.17) is 10.5 Å². The monoisotopic (exact) mass is 279 g/mol. The molecule has 0 aliphatic heterocycles. The Hall–Kier alpha value is -1.75. The van der Waals surface area contributed by atoms with Crippen molar-refractivity contribution in [2.75, 3.05) is 33.0 Å². The van der Waals surface area contributed by atoms with Crippen LogP contribution in [0.5, 0.6) is 5.75 Å². The normalized spacial score (nSPS) is 10.9. The van der Waals surface area contributed by atoms with Crippen LogP contribution in [0.4, 0.5) is 5.69 Å². The molecular formula is C15H25N3O2. The minimum absolute atomic E-state index is 0.159. The number of carbonyl (C=O) groups is 1. The molecule has 1 rings (SSSR count). The molecule has 1 aromatic rings. The molecule has 0 unspecified atom stereocenters. The zero-order valence-electron chi connectivity index (χ0n) is 12.8. The Balaban J connectivity index is 2.48. The Bertz CT molecular complexity index is 447. The van der Waals surface area contributed by atoms with Crippen molar-refractivity contribution in [1.82, 2.24) is 10.2 Å². The summed E-state index contributed by atoms with van der Waals surface area (Å²) in [7, 11) is 3.61. The Morgan fingerprint density at radius 3 is 2.75 bits per heavy atom. The Kier molecular flexibility index (Phi) is 6.31. The third-order valence-electron chi connectivity index (χ3n) is 3.39. The van der Waals surface area contributed by atoms with Crippen molar-refractivity contribution in [3.05, 3.63) is 23.8 Å². The fourth-order valence-electron chi connectivity index (χ4n) is 1.80. The summed E-state index contributed by atoms with van der Waals surface area (Å²) in [4.78, 5) is 14.3. The topological polar surface area (TPSA) is 67.6 Å². The second-order valence-electron chi connectivity index (χ2n) is 5.11. The lowest BCUT2D eigenvalue weighted by atomic mass is 10.1. The van der Waals surface area contributed by atoms with Crippen molar-refractivity contribution in [2.24, 2.45) is 0 Å². The zero-order chi connectivity index (χ0) is 15.1. The number of nitrogens with zero attached hydrogens (tertiary/aromatic N) is 1. The van der Waals surface area contributed by atoms with Gasteiger partial charge in [0.1, 0.15) is 5.75 Å². The van der Waals surface area contributed by atoms with E-state index in [1.54, 1.807) is 18.2 Å². The van der Waals surface area contributed by atoms with Crippen LogP contribution in [0.25, 0.3) is 0 Å². The van der Waals surface area contributed by atoms with Crippen LogP contribution >= 0.6 is 0 Å². The summed E-state index contributed by atoms with van der Waals surface area (Å²) in [6.45, 7) is 5.88. The SMILES string of the molecule is COc1cccc(C(=O)NCCCN(C)C(C)C)c1N. The molecule has 0 atom stereocenters. The molecule has 1 amide bonds. The molecule has 5 heteroatoms. The number of amides is 1. The molecule has 0 radical (unpaired) electrons. The lowest BCUT2D eigenvalue weighted by Gasteiger charge is -2.20. The smallest absolute Gasteiger partial charge is 0.253 e. The first-order valence-corrected chi connectivity index (χ1v) is 6.88. The molecule has 0 saturated heterocycles. The molecule has 0 saturated carbocycles. The molecule has 0 aromatic heterocycles. The van der Waals surface area contributed by atoms with Crippen molar-refractivity contribution in [2.45, 2.75) is 26.3 Å². The van der Waals surface area contributed by atoms with Gasteiger partial charge in [-0.3, -0.25) is 4.79 Å². The fourth-order valence-corrected chi connectivity index (χ4v) is 1.80. The van der Waals surface area contributed by atoms with Crippen LogP contribution in [0.2, 0.25) is 0 Å². The van der Waals surface area contributed by atoms with Crippen molar-refractivity contribution >= 4 is 11.6 Å². The molecule has 0 bridgehead atoms. The summed E-state index contributed by atoms with van der Waals surface area (Å²) < 4.78 is 5.11. The van der Waals surface area contributed by atoms with Gasteiger partial charge in [0.15, 0.2) is 0 Å². The lowest BCUT2D eigenvalue weighted by molar-refractivity contribution is 0.0952. The molecule has 1 aromatic carbocycles. The average Bonchev–Trinajstić information content (AvgIpc) is 2.43. The highest BCUT2D eigenvalue weighted by molar-refractivity contribution is 6.00. The first-order valence-electron chi connectivity index (χ1n) is 6.88. The molecule has 3 N–H and O–H groups in total. The van der Waals surface area contributed by atoms with E-state index < -0.39 is 0 Å². The van der Waals surface area contributed by atoms with Gasteiger partial charge < -0.3 is 20.7 Å². The standard InChI is InChI=1S/C15H25N3O2/c1-11(2)18(3)10-6-9-17-15(19)12-7-5-8-13(20-4)14(12)16/h5,7-8,11H,6,9-10,16H2,1-4H3,(H,17,19). The summed E-state index contributed by atoms with van der Waals surface area (Å²) in [6, 6.07) is 5.72. The third-order valence-corrected chi connectivity index (χ3v) is 3.39. The molecule has 112 valence electrons. The number of nitrogens with two attached hydrogens (primary N) is 1. The van der Waals surface area contributed by atoms with E-state index >= 15 is 0 Å². The minimum Gasteiger partial charge on any atom is -0.495 e. The zero-order valence-corrected chi connectivity index (χ0v) is 12.8. The summed E-state index contributed by atoms with van der Waals surface area (Å²) in [5, 5.41) is 2.88. The number of anilines is 1. The molecule has 0 fully saturated rings. The number of benzene rings is 1. The summed E-state index contributed by atoms with van der Waals surface area (Å²) in [5.74, 6) is 0.366. The van der Waals surface area contributed by atoms with E-state index in [0.29, 0.717) is 29.6 Å². The van der Waals surface area contributed by atoms with Crippen LogP contribution in [0.1, 0.15) is 30.6 Å². The number of nitrogen functional groups attached to an aromatic ring is 1. The number of nitrogens with one attached hydrogen (secondary N) is 1. The van der Waals surface area contributed by atoms with Crippen LogP contribution in [0.15, 0.2) is 18.2 Å². The van der Waals surface area contributed by atoms with Gasteiger partial charge in [-0.15, -0.1) is 0 Å². The van der Waals surface area contributed by atoms with Crippen LogP contribution in [-0.2, 0) is 0 Å². The van der Waals surface area contributed by atoms with Crippen molar-refractivity contribution < 1.29 is 9.53 Å². The first kappa shape index (κ1) is 16.3. The summed E-state index contributed by atoms with van der Waals surface area (Å²) in [5.41, 5.74) is 6.73. The minimum atomic E-state index is -0.159. The van der Waals surface area contributed by atoms with Crippen molar-refractivity contribution in [3.8, 4) is 5.75 Å². The van der Waals surface area contributed by atoms with E-state index in [-0.39, 0.29) is 5.91 Å². The second kappa shape index (κ2) is 7.75. The van der Waals surface area contributed by atoms with Gasteiger partial charge in [0, 0.05) is 12.6 Å². The van der Waals surface area contributed by atoms with E-state index in [0.717, 1.165) is 13.0 Å². The van der Waals surface area contributed by atoms with Gasteiger partial charge in [0.25, 0.3) is 5.91 Å².